The predicted molar refractivity (Wildman–Crippen MR) is 86.1 cm³/mol. The van der Waals surface area contributed by atoms with Crippen LogP contribution in [0.2, 0.25) is 0 Å². The molecule has 2 heterocycles. The van der Waals surface area contributed by atoms with Crippen LogP contribution in [0.4, 0.5) is 11.6 Å². The number of benzene rings is 1. The molecule has 0 radical (unpaired) electrons. The Bertz CT molecular complexity index is 644. The van der Waals surface area contributed by atoms with Crippen LogP contribution in [0.1, 0.15) is 30.1 Å². The normalized spacial score (nSPS) is 18.0. The molecule has 5 nitrogen and oxygen atoms in total. The zero-order valence-corrected chi connectivity index (χ0v) is 12.7. The summed E-state index contributed by atoms with van der Waals surface area (Å²) in [6, 6.07) is 9.27. The molecule has 1 fully saturated rings. The van der Waals surface area contributed by atoms with Gasteiger partial charge in [0.05, 0.1) is 0 Å². The van der Waals surface area contributed by atoms with Crippen molar-refractivity contribution in [2.24, 2.45) is 5.92 Å². The van der Waals surface area contributed by atoms with E-state index in [-0.39, 0.29) is 5.91 Å². The summed E-state index contributed by atoms with van der Waals surface area (Å²) in [6.45, 7) is 3.89. The van der Waals surface area contributed by atoms with Crippen molar-refractivity contribution in [3.8, 4) is 0 Å². The highest BCUT2D eigenvalue weighted by atomic mass is 16.2. The van der Waals surface area contributed by atoms with E-state index in [4.69, 9.17) is 0 Å². The molecule has 1 atom stereocenters. The highest BCUT2D eigenvalue weighted by Crippen LogP contribution is 2.20. The fourth-order valence-corrected chi connectivity index (χ4v) is 2.78. The number of carbonyl (C=O) groups excluding carboxylic acids is 1. The van der Waals surface area contributed by atoms with E-state index in [1.807, 2.05) is 29.2 Å². The monoisotopic (exact) mass is 296 g/mol. The lowest BCUT2D eigenvalue weighted by Crippen LogP contribution is -2.39. The summed E-state index contributed by atoms with van der Waals surface area (Å²) in [6.07, 6.45) is 5.65. The van der Waals surface area contributed by atoms with Crippen LogP contribution in [-0.2, 0) is 0 Å². The van der Waals surface area contributed by atoms with Crippen LogP contribution in [0.5, 0.6) is 0 Å². The number of hydrogen-bond donors (Lipinski definition) is 1. The lowest BCUT2D eigenvalue weighted by atomic mass is 9.99. The van der Waals surface area contributed by atoms with E-state index in [0.29, 0.717) is 17.4 Å². The van der Waals surface area contributed by atoms with Crippen molar-refractivity contribution in [2.45, 2.75) is 19.8 Å². The minimum Gasteiger partial charge on any atom is -0.338 e. The van der Waals surface area contributed by atoms with Gasteiger partial charge >= 0.3 is 0 Å². The SMILES string of the molecule is C[C@@H]1CCCN(C(=O)c2cccc(Nc3ncccn3)c2)C1. The van der Waals surface area contributed by atoms with Crippen molar-refractivity contribution in [3.63, 3.8) is 0 Å². The average Bonchev–Trinajstić information content (AvgIpc) is 2.55. The average molecular weight is 296 g/mol. The second-order valence-electron chi connectivity index (χ2n) is 5.78. The number of aromatic nitrogens is 2. The Morgan fingerprint density at radius 1 is 1.27 bits per heavy atom. The number of carbonyl (C=O) groups is 1. The molecule has 0 spiro atoms. The molecule has 1 aromatic carbocycles. The molecular weight excluding hydrogens is 276 g/mol. The first kappa shape index (κ1) is 14.5. The van der Waals surface area contributed by atoms with Gasteiger partial charge in [-0.05, 0) is 43.0 Å². The maximum absolute atomic E-state index is 12.6. The molecule has 1 N–H and O–H groups in total. The Kier molecular flexibility index (Phi) is 4.32. The molecule has 2 aromatic rings. The topological polar surface area (TPSA) is 58.1 Å². The van der Waals surface area contributed by atoms with Gasteiger partial charge in [0.2, 0.25) is 5.95 Å². The molecule has 1 saturated heterocycles. The maximum atomic E-state index is 12.6. The first-order valence-corrected chi connectivity index (χ1v) is 7.66. The fraction of sp³-hybridized carbons (Fsp3) is 0.353. The van der Waals surface area contributed by atoms with Crippen LogP contribution < -0.4 is 5.32 Å². The molecule has 0 saturated carbocycles. The number of hydrogen-bond acceptors (Lipinski definition) is 4. The summed E-state index contributed by atoms with van der Waals surface area (Å²) in [4.78, 5) is 22.8. The number of rotatable bonds is 3. The van der Waals surface area contributed by atoms with E-state index in [1.165, 1.54) is 6.42 Å². The third-order valence-electron chi connectivity index (χ3n) is 3.88. The zero-order valence-electron chi connectivity index (χ0n) is 12.7. The highest BCUT2D eigenvalue weighted by Gasteiger charge is 2.22. The standard InChI is InChI=1S/C17H20N4O/c1-13-5-3-10-21(12-13)16(22)14-6-2-7-15(11-14)20-17-18-8-4-9-19-17/h2,4,6-9,11,13H,3,5,10,12H2,1H3,(H,18,19,20)/t13-/m1/s1. The number of amides is 1. The Balaban J connectivity index is 1.74. The van der Waals surface area contributed by atoms with Crippen molar-refractivity contribution >= 4 is 17.5 Å². The summed E-state index contributed by atoms with van der Waals surface area (Å²) >= 11 is 0. The molecule has 1 amide bonds. The van der Waals surface area contributed by atoms with Gasteiger partial charge in [0.15, 0.2) is 0 Å². The second kappa shape index (κ2) is 6.56. The molecule has 0 unspecified atom stereocenters. The largest absolute Gasteiger partial charge is 0.338 e. The smallest absolute Gasteiger partial charge is 0.253 e. The van der Waals surface area contributed by atoms with Crippen LogP contribution in [0, 0.1) is 5.92 Å². The quantitative estimate of drug-likeness (QED) is 0.945. The summed E-state index contributed by atoms with van der Waals surface area (Å²) < 4.78 is 0. The van der Waals surface area contributed by atoms with E-state index in [9.17, 15) is 4.79 Å². The number of anilines is 2. The van der Waals surface area contributed by atoms with Gasteiger partial charge in [-0.25, -0.2) is 9.97 Å². The minimum absolute atomic E-state index is 0.101. The van der Waals surface area contributed by atoms with Gasteiger partial charge in [-0.15, -0.1) is 0 Å². The van der Waals surface area contributed by atoms with Crippen molar-refractivity contribution in [2.75, 3.05) is 18.4 Å². The first-order chi connectivity index (χ1) is 10.7. The summed E-state index contributed by atoms with van der Waals surface area (Å²) in [5, 5.41) is 3.12. The molecule has 22 heavy (non-hydrogen) atoms. The van der Waals surface area contributed by atoms with Crippen molar-refractivity contribution < 1.29 is 4.79 Å². The van der Waals surface area contributed by atoms with Crippen LogP contribution in [0.25, 0.3) is 0 Å². The molecule has 3 rings (SSSR count). The molecule has 5 heteroatoms. The first-order valence-electron chi connectivity index (χ1n) is 7.66. The number of piperidine rings is 1. The number of nitrogens with zero attached hydrogens (tertiary/aromatic N) is 3. The van der Waals surface area contributed by atoms with Gasteiger partial charge in [-0.1, -0.05) is 13.0 Å². The molecule has 1 aliphatic heterocycles. The van der Waals surface area contributed by atoms with E-state index < -0.39 is 0 Å². The van der Waals surface area contributed by atoms with Gasteiger partial charge < -0.3 is 10.2 Å². The summed E-state index contributed by atoms with van der Waals surface area (Å²) in [5.74, 6) is 1.21. The van der Waals surface area contributed by atoms with E-state index in [1.54, 1.807) is 18.5 Å². The van der Waals surface area contributed by atoms with Crippen LogP contribution in [-0.4, -0.2) is 33.9 Å². The van der Waals surface area contributed by atoms with Gasteiger partial charge in [0, 0.05) is 36.7 Å². The van der Waals surface area contributed by atoms with Crippen molar-refractivity contribution in [1.29, 1.82) is 0 Å². The Morgan fingerprint density at radius 2 is 2.09 bits per heavy atom. The van der Waals surface area contributed by atoms with Crippen LogP contribution in [0.15, 0.2) is 42.7 Å². The van der Waals surface area contributed by atoms with E-state index >= 15 is 0 Å². The van der Waals surface area contributed by atoms with Gasteiger partial charge in [-0.3, -0.25) is 4.79 Å². The van der Waals surface area contributed by atoms with Crippen molar-refractivity contribution in [1.82, 2.24) is 14.9 Å². The molecule has 1 aliphatic rings. The predicted octanol–water partition coefficient (Wildman–Crippen LogP) is 3.09. The molecular formula is C17H20N4O. The van der Waals surface area contributed by atoms with Gasteiger partial charge in [0.1, 0.15) is 0 Å². The zero-order chi connectivity index (χ0) is 15.4. The minimum atomic E-state index is 0.101. The molecule has 1 aromatic heterocycles. The van der Waals surface area contributed by atoms with Gasteiger partial charge in [0.25, 0.3) is 5.91 Å². The molecule has 114 valence electrons. The molecule has 0 bridgehead atoms. The van der Waals surface area contributed by atoms with Gasteiger partial charge in [-0.2, -0.15) is 0 Å². The fourth-order valence-electron chi connectivity index (χ4n) is 2.78. The number of nitrogens with one attached hydrogen (secondary N) is 1. The van der Waals surface area contributed by atoms with E-state index in [0.717, 1.165) is 25.2 Å². The Morgan fingerprint density at radius 3 is 2.86 bits per heavy atom. The lowest BCUT2D eigenvalue weighted by Gasteiger charge is -2.31. The second-order valence-corrected chi connectivity index (χ2v) is 5.78. The Hall–Kier alpha value is -2.43. The Labute approximate surface area is 130 Å². The molecule has 0 aliphatic carbocycles. The van der Waals surface area contributed by atoms with Crippen LogP contribution >= 0.6 is 0 Å². The number of likely N-dealkylation sites (tertiary alicyclic amines) is 1. The van der Waals surface area contributed by atoms with E-state index in [2.05, 4.69) is 22.2 Å². The third kappa shape index (κ3) is 3.42. The highest BCUT2D eigenvalue weighted by molar-refractivity contribution is 5.95. The third-order valence-corrected chi connectivity index (χ3v) is 3.88. The summed E-state index contributed by atoms with van der Waals surface area (Å²) in [5.41, 5.74) is 1.53. The van der Waals surface area contributed by atoms with Crippen LogP contribution in [0.3, 0.4) is 0 Å². The maximum Gasteiger partial charge on any atom is 0.253 e. The van der Waals surface area contributed by atoms with Crippen molar-refractivity contribution in [3.05, 3.63) is 48.3 Å². The lowest BCUT2D eigenvalue weighted by molar-refractivity contribution is 0.0683. The summed E-state index contributed by atoms with van der Waals surface area (Å²) in [7, 11) is 0.